The van der Waals surface area contributed by atoms with Gasteiger partial charge in [0.2, 0.25) is 0 Å². The molecular formula is C13H17N. The number of hydrogen-bond donors (Lipinski definition) is 0. The molecule has 1 nitrogen and oxygen atoms in total. The first-order valence-corrected chi connectivity index (χ1v) is 4.70. The van der Waals surface area contributed by atoms with Crippen molar-refractivity contribution in [2.24, 2.45) is 0 Å². The lowest BCUT2D eigenvalue weighted by Gasteiger charge is -2.17. The van der Waals surface area contributed by atoms with Crippen molar-refractivity contribution in [3.05, 3.63) is 54.6 Å². The van der Waals surface area contributed by atoms with Crippen LogP contribution < -0.4 is 4.90 Å². The molecule has 1 heteroatoms. The summed E-state index contributed by atoms with van der Waals surface area (Å²) in [5, 5.41) is 0. The Balaban J connectivity index is 2.95. The summed E-state index contributed by atoms with van der Waals surface area (Å²) >= 11 is 0. The highest BCUT2D eigenvalue weighted by atomic mass is 15.1. The highest BCUT2D eigenvalue weighted by Gasteiger charge is 2.03. The fourth-order valence-electron chi connectivity index (χ4n) is 1.41. The van der Waals surface area contributed by atoms with Gasteiger partial charge in [0.05, 0.1) is 0 Å². The monoisotopic (exact) mass is 187 g/mol. The van der Waals surface area contributed by atoms with Crippen LogP contribution in [0.15, 0.2) is 49.1 Å². The van der Waals surface area contributed by atoms with Gasteiger partial charge in [-0.2, -0.15) is 0 Å². The molecule has 1 aromatic carbocycles. The van der Waals surface area contributed by atoms with E-state index in [0.29, 0.717) is 0 Å². The minimum absolute atomic E-state index is 0.873. The number of para-hydroxylation sites is 1. The predicted molar refractivity (Wildman–Crippen MR) is 63.8 cm³/mol. The molecule has 0 saturated heterocycles. The van der Waals surface area contributed by atoms with Gasteiger partial charge in [0.25, 0.3) is 0 Å². The summed E-state index contributed by atoms with van der Waals surface area (Å²) in [5.74, 6) is 0. The molecule has 0 heterocycles. The molecule has 0 aliphatic carbocycles. The number of rotatable bonds is 4. The molecule has 0 amide bonds. The lowest BCUT2D eigenvalue weighted by Crippen LogP contribution is -2.11. The predicted octanol–water partition coefficient (Wildman–Crippen LogP) is 3.04. The maximum atomic E-state index is 3.93. The van der Waals surface area contributed by atoms with Crippen molar-refractivity contribution in [2.75, 3.05) is 19.0 Å². The molecule has 0 atom stereocenters. The first-order valence-electron chi connectivity index (χ1n) is 4.70. The van der Waals surface area contributed by atoms with Crippen molar-refractivity contribution in [3.63, 3.8) is 0 Å². The third-order valence-corrected chi connectivity index (χ3v) is 2.18. The third-order valence-electron chi connectivity index (χ3n) is 2.18. The van der Waals surface area contributed by atoms with Crippen LogP contribution >= 0.6 is 0 Å². The largest absolute Gasteiger partial charge is 0.377 e. The van der Waals surface area contributed by atoms with Gasteiger partial charge >= 0.3 is 0 Å². The van der Waals surface area contributed by atoms with Crippen LogP contribution in [0.1, 0.15) is 5.56 Å². The van der Waals surface area contributed by atoms with Gasteiger partial charge in [-0.25, -0.2) is 0 Å². The Morgan fingerprint density at radius 2 is 2.00 bits per heavy atom. The Bertz CT molecular complexity index is 337. The molecule has 0 radical (unpaired) electrons. The van der Waals surface area contributed by atoms with Crippen molar-refractivity contribution >= 4 is 5.69 Å². The van der Waals surface area contributed by atoms with E-state index in [9.17, 15) is 0 Å². The Kier molecular flexibility index (Phi) is 3.52. The molecule has 14 heavy (non-hydrogen) atoms. The average Bonchev–Trinajstić information content (AvgIpc) is 2.18. The molecule has 0 N–H and O–H groups in total. The van der Waals surface area contributed by atoms with E-state index in [1.165, 1.54) is 11.3 Å². The van der Waals surface area contributed by atoms with Gasteiger partial charge in [0, 0.05) is 19.8 Å². The van der Waals surface area contributed by atoms with Crippen molar-refractivity contribution in [3.8, 4) is 0 Å². The van der Waals surface area contributed by atoms with E-state index in [-0.39, 0.29) is 0 Å². The van der Waals surface area contributed by atoms with Crippen LogP contribution in [0.4, 0.5) is 5.69 Å². The number of anilines is 1. The Labute approximate surface area is 86.4 Å². The second-order valence-electron chi connectivity index (χ2n) is 3.56. The van der Waals surface area contributed by atoms with Crippen molar-refractivity contribution in [1.29, 1.82) is 0 Å². The number of nitrogens with zero attached hydrogens (tertiary/aromatic N) is 1. The molecular weight excluding hydrogens is 170 g/mol. The molecule has 0 aromatic heterocycles. The highest BCUT2D eigenvalue weighted by molar-refractivity contribution is 5.54. The van der Waals surface area contributed by atoms with Crippen LogP contribution in [0.3, 0.4) is 0 Å². The maximum absolute atomic E-state index is 3.93. The molecule has 0 fully saturated rings. The normalized spacial score (nSPS) is 9.57. The summed E-state index contributed by atoms with van der Waals surface area (Å²) in [7, 11) is 4.10. The van der Waals surface area contributed by atoms with E-state index in [1.54, 1.807) is 0 Å². The van der Waals surface area contributed by atoms with E-state index in [4.69, 9.17) is 0 Å². The zero-order chi connectivity index (χ0) is 10.6. The van der Waals surface area contributed by atoms with Gasteiger partial charge < -0.3 is 4.90 Å². The second kappa shape index (κ2) is 4.66. The van der Waals surface area contributed by atoms with Crippen LogP contribution in [-0.4, -0.2) is 14.1 Å². The lowest BCUT2D eigenvalue weighted by molar-refractivity contribution is 1.08. The zero-order valence-corrected chi connectivity index (χ0v) is 8.96. The second-order valence-corrected chi connectivity index (χ2v) is 3.56. The molecule has 0 aliphatic heterocycles. The number of allylic oxidation sites excluding steroid dienone is 2. The fraction of sp³-hybridized carbons (Fsp3) is 0.231. The molecule has 1 aromatic rings. The highest BCUT2D eigenvalue weighted by Crippen LogP contribution is 2.20. The van der Waals surface area contributed by atoms with Gasteiger partial charge in [-0.15, -0.1) is 0 Å². The van der Waals surface area contributed by atoms with E-state index < -0.39 is 0 Å². The van der Waals surface area contributed by atoms with Gasteiger partial charge in [-0.3, -0.25) is 0 Å². The Morgan fingerprint density at radius 1 is 1.36 bits per heavy atom. The Hall–Kier alpha value is -1.50. The van der Waals surface area contributed by atoms with Crippen molar-refractivity contribution in [1.82, 2.24) is 0 Å². The number of benzene rings is 1. The molecule has 0 unspecified atom stereocenters. The standard InChI is InChI=1S/C13H17N/c1-5-11(2)10-12-8-6-7-9-13(12)14(3)4/h5-9H,1-2,10H2,3-4H3. The van der Waals surface area contributed by atoms with Gasteiger partial charge in [-0.05, 0) is 18.1 Å². The topological polar surface area (TPSA) is 3.24 Å². The van der Waals surface area contributed by atoms with Crippen LogP contribution in [0.2, 0.25) is 0 Å². The van der Waals surface area contributed by atoms with Gasteiger partial charge in [0.1, 0.15) is 0 Å². The van der Waals surface area contributed by atoms with Crippen molar-refractivity contribution in [2.45, 2.75) is 6.42 Å². The smallest absolute Gasteiger partial charge is 0.0396 e. The molecule has 0 saturated carbocycles. The number of hydrogen-bond acceptors (Lipinski definition) is 1. The van der Waals surface area contributed by atoms with Gasteiger partial charge in [-0.1, -0.05) is 43.0 Å². The van der Waals surface area contributed by atoms with E-state index in [2.05, 4.69) is 56.4 Å². The quantitative estimate of drug-likeness (QED) is 0.655. The van der Waals surface area contributed by atoms with Crippen molar-refractivity contribution < 1.29 is 0 Å². The summed E-state index contributed by atoms with van der Waals surface area (Å²) in [6, 6.07) is 8.35. The zero-order valence-electron chi connectivity index (χ0n) is 8.96. The molecule has 0 spiro atoms. The summed E-state index contributed by atoms with van der Waals surface area (Å²) in [6.45, 7) is 7.65. The average molecular weight is 187 g/mol. The minimum Gasteiger partial charge on any atom is -0.377 e. The molecule has 0 aliphatic rings. The molecule has 1 rings (SSSR count). The SMILES string of the molecule is C=CC(=C)Cc1ccccc1N(C)C. The van der Waals surface area contributed by atoms with E-state index >= 15 is 0 Å². The van der Waals surface area contributed by atoms with Crippen LogP contribution in [0, 0.1) is 0 Å². The fourth-order valence-corrected chi connectivity index (χ4v) is 1.41. The summed E-state index contributed by atoms with van der Waals surface area (Å²) in [5.41, 5.74) is 3.59. The maximum Gasteiger partial charge on any atom is 0.0396 e. The molecule has 74 valence electrons. The minimum atomic E-state index is 0.873. The Morgan fingerprint density at radius 3 is 2.57 bits per heavy atom. The molecule has 0 bridgehead atoms. The van der Waals surface area contributed by atoms with Crippen LogP contribution in [-0.2, 0) is 6.42 Å². The van der Waals surface area contributed by atoms with Gasteiger partial charge in [0.15, 0.2) is 0 Å². The lowest BCUT2D eigenvalue weighted by atomic mass is 10.0. The van der Waals surface area contributed by atoms with E-state index in [0.717, 1.165) is 12.0 Å². The summed E-state index contributed by atoms with van der Waals surface area (Å²) in [6.07, 6.45) is 2.68. The summed E-state index contributed by atoms with van der Waals surface area (Å²) < 4.78 is 0. The van der Waals surface area contributed by atoms with Crippen LogP contribution in [0.25, 0.3) is 0 Å². The first kappa shape index (κ1) is 10.6. The summed E-state index contributed by atoms with van der Waals surface area (Å²) in [4.78, 5) is 2.12. The van der Waals surface area contributed by atoms with Crippen LogP contribution in [0.5, 0.6) is 0 Å². The van der Waals surface area contributed by atoms with E-state index in [1.807, 2.05) is 6.08 Å². The first-order chi connectivity index (χ1) is 6.65. The third kappa shape index (κ3) is 2.49.